The molecule has 154 valence electrons. The molecule has 2 atom stereocenters. The number of aromatic nitrogens is 1. The second kappa shape index (κ2) is 9.27. The van der Waals surface area contributed by atoms with Gasteiger partial charge in [0.1, 0.15) is 17.1 Å². The van der Waals surface area contributed by atoms with Crippen LogP contribution in [-0.4, -0.2) is 29.4 Å². The van der Waals surface area contributed by atoms with Crippen LogP contribution in [0, 0.1) is 11.8 Å². The summed E-state index contributed by atoms with van der Waals surface area (Å²) in [5.41, 5.74) is 7.02. The number of nitrogens with zero attached hydrogens (tertiary/aromatic N) is 1. The molecule has 3 rings (SSSR count). The van der Waals surface area contributed by atoms with Crippen LogP contribution in [0.2, 0.25) is 5.02 Å². The van der Waals surface area contributed by atoms with Gasteiger partial charge in [-0.25, -0.2) is 4.98 Å². The number of ether oxygens (including phenoxy) is 1. The summed E-state index contributed by atoms with van der Waals surface area (Å²) in [5, 5.41) is 3.50. The molecule has 0 saturated heterocycles. The van der Waals surface area contributed by atoms with Crippen molar-refractivity contribution in [2.24, 2.45) is 17.6 Å². The predicted molar refractivity (Wildman–Crippen MR) is 113 cm³/mol. The fourth-order valence-electron chi connectivity index (χ4n) is 3.00. The average molecular weight is 416 g/mol. The molecule has 0 spiro atoms. The summed E-state index contributed by atoms with van der Waals surface area (Å²) in [5.74, 6) is 0.237. The first-order valence-corrected chi connectivity index (χ1v) is 10.2. The predicted octanol–water partition coefficient (Wildman–Crippen LogP) is 3.82. The van der Waals surface area contributed by atoms with Crippen molar-refractivity contribution >= 4 is 23.4 Å². The molecule has 0 bridgehead atoms. The Labute approximate surface area is 175 Å². The van der Waals surface area contributed by atoms with Crippen LogP contribution in [-0.2, 0) is 4.79 Å². The van der Waals surface area contributed by atoms with E-state index in [-0.39, 0.29) is 29.5 Å². The van der Waals surface area contributed by atoms with Crippen molar-refractivity contribution in [2.45, 2.75) is 39.2 Å². The summed E-state index contributed by atoms with van der Waals surface area (Å²) < 4.78 is 5.96. The highest BCUT2D eigenvalue weighted by atomic mass is 35.5. The van der Waals surface area contributed by atoms with Gasteiger partial charge in [-0.15, -0.1) is 0 Å². The van der Waals surface area contributed by atoms with Crippen molar-refractivity contribution in [3.8, 4) is 17.0 Å². The summed E-state index contributed by atoms with van der Waals surface area (Å²) in [6, 6.07) is 10.5. The van der Waals surface area contributed by atoms with E-state index < -0.39 is 0 Å². The zero-order chi connectivity index (χ0) is 21.0. The highest BCUT2D eigenvalue weighted by Gasteiger charge is 2.23. The number of hydrogen-bond donors (Lipinski definition) is 2. The minimum Gasteiger partial charge on any atom is -0.491 e. The van der Waals surface area contributed by atoms with Crippen LogP contribution >= 0.6 is 11.6 Å². The molecule has 6 nitrogen and oxygen atoms in total. The van der Waals surface area contributed by atoms with E-state index in [2.05, 4.69) is 10.3 Å². The quantitative estimate of drug-likeness (QED) is 0.650. The van der Waals surface area contributed by atoms with Gasteiger partial charge in [0, 0.05) is 22.5 Å². The Hall–Kier alpha value is -2.60. The third kappa shape index (κ3) is 5.94. The Morgan fingerprint density at radius 1 is 1.21 bits per heavy atom. The molecule has 7 heteroatoms. The van der Waals surface area contributed by atoms with Crippen LogP contribution in [0.3, 0.4) is 0 Å². The molecule has 1 unspecified atom stereocenters. The number of benzene rings is 1. The first-order valence-electron chi connectivity index (χ1n) is 9.83. The number of nitrogens with two attached hydrogens (primary N) is 1. The van der Waals surface area contributed by atoms with E-state index in [0.29, 0.717) is 35.4 Å². The van der Waals surface area contributed by atoms with E-state index in [1.54, 1.807) is 31.2 Å². The average Bonchev–Trinajstić information content (AvgIpc) is 3.51. The van der Waals surface area contributed by atoms with Gasteiger partial charge in [0.2, 0.25) is 5.91 Å². The van der Waals surface area contributed by atoms with E-state index in [1.165, 1.54) is 12.8 Å². The van der Waals surface area contributed by atoms with Crippen molar-refractivity contribution < 1.29 is 14.3 Å². The zero-order valence-electron chi connectivity index (χ0n) is 16.7. The van der Waals surface area contributed by atoms with Gasteiger partial charge in [0.05, 0.1) is 6.61 Å². The SMILES string of the molecule is CC(C[C@H](C)NC(=O)c1ccc(OCC2CC2)c(-c2ccc(Cl)cc2)n1)C(N)=O. The summed E-state index contributed by atoms with van der Waals surface area (Å²) in [6.45, 7) is 4.23. The Morgan fingerprint density at radius 3 is 2.52 bits per heavy atom. The van der Waals surface area contributed by atoms with Crippen LogP contribution in [0.5, 0.6) is 5.75 Å². The molecule has 1 aromatic heterocycles. The van der Waals surface area contributed by atoms with Gasteiger partial charge in [-0.2, -0.15) is 0 Å². The van der Waals surface area contributed by atoms with Crippen LogP contribution in [0.15, 0.2) is 36.4 Å². The topological polar surface area (TPSA) is 94.3 Å². The number of pyridine rings is 1. The number of amides is 2. The van der Waals surface area contributed by atoms with E-state index in [1.807, 2.05) is 19.1 Å². The number of hydrogen-bond acceptors (Lipinski definition) is 4. The fraction of sp³-hybridized carbons (Fsp3) is 0.409. The summed E-state index contributed by atoms with van der Waals surface area (Å²) in [7, 11) is 0. The van der Waals surface area contributed by atoms with Crippen molar-refractivity contribution in [3.05, 3.63) is 47.1 Å². The lowest BCUT2D eigenvalue weighted by Crippen LogP contribution is -2.36. The third-order valence-electron chi connectivity index (χ3n) is 4.95. The minimum absolute atomic E-state index is 0.212. The second-order valence-electron chi connectivity index (χ2n) is 7.72. The Bertz CT molecular complexity index is 881. The number of primary amides is 1. The maximum absolute atomic E-state index is 12.7. The van der Waals surface area contributed by atoms with Gasteiger partial charge < -0.3 is 15.8 Å². The molecule has 1 saturated carbocycles. The van der Waals surface area contributed by atoms with Crippen LogP contribution < -0.4 is 15.8 Å². The van der Waals surface area contributed by atoms with Crippen molar-refractivity contribution in [1.29, 1.82) is 0 Å². The van der Waals surface area contributed by atoms with Crippen molar-refractivity contribution in [3.63, 3.8) is 0 Å². The summed E-state index contributed by atoms with van der Waals surface area (Å²) in [6.07, 6.45) is 2.84. The standard InChI is InChI=1S/C22H26ClN3O3/c1-13(21(24)27)11-14(2)25-22(28)18-9-10-19(29-12-15-3-4-15)20(26-18)16-5-7-17(23)8-6-16/h5-10,13-15H,3-4,11-12H2,1-2H3,(H2,24,27)(H,25,28)/t13?,14-/m0/s1. The Morgan fingerprint density at radius 2 is 1.90 bits per heavy atom. The smallest absolute Gasteiger partial charge is 0.270 e. The molecule has 1 aliphatic carbocycles. The first-order chi connectivity index (χ1) is 13.8. The van der Waals surface area contributed by atoms with Crippen molar-refractivity contribution in [2.75, 3.05) is 6.61 Å². The first kappa shape index (κ1) is 21.1. The Kier molecular flexibility index (Phi) is 6.75. The molecule has 1 aromatic carbocycles. The number of carbonyl (C=O) groups excluding carboxylic acids is 2. The highest BCUT2D eigenvalue weighted by Crippen LogP contribution is 2.33. The lowest BCUT2D eigenvalue weighted by Gasteiger charge is -2.17. The van der Waals surface area contributed by atoms with Crippen LogP contribution in [0.25, 0.3) is 11.3 Å². The molecular formula is C22H26ClN3O3. The van der Waals surface area contributed by atoms with Gasteiger partial charge in [0.15, 0.2) is 0 Å². The number of halogens is 1. The maximum atomic E-state index is 12.7. The summed E-state index contributed by atoms with van der Waals surface area (Å²) in [4.78, 5) is 28.5. The molecule has 2 aromatic rings. The van der Waals surface area contributed by atoms with E-state index in [0.717, 1.165) is 5.56 Å². The largest absolute Gasteiger partial charge is 0.491 e. The minimum atomic E-state index is -0.383. The van der Waals surface area contributed by atoms with Gasteiger partial charge in [-0.1, -0.05) is 30.7 Å². The number of carbonyl (C=O) groups is 2. The molecule has 0 radical (unpaired) electrons. The molecule has 1 fully saturated rings. The molecule has 1 heterocycles. The lowest BCUT2D eigenvalue weighted by atomic mass is 10.0. The molecule has 1 aliphatic rings. The third-order valence-corrected chi connectivity index (χ3v) is 5.20. The van der Waals surface area contributed by atoms with Crippen LogP contribution in [0.1, 0.15) is 43.6 Å². The molecule has 0 aliphatic heterocycles. The number of rotatable bonds is 9. The van der Waals surface area contributed by atoms with E-state index in [4.69, 9.17) is 22.1 Å². The highest BCUT2D eigenvalue weighted by molar-refractivity contribution is 6.30. The van der Waals surface area contributed by atoms with Gasteiger partial charge >= 0.3 is 0 Å². The zero-order valence-corrected chi connectivity index (χ0v) is 17.4. The van der Waals surface area contributed by atoms with Crippen LogP contribution in [0.4, 0.5) is 0 Å². The van der Waals surface area contributed by atoms with Gasteiger partial charge in [0.25, 0.3) is 5.91 Å². The second-order valence-corrected chi connectivity index (χ2v) is 8.15. The van der Waals surface area contributed by atoms with Gasteiger partial charge in [-0.05, 0) is 56.4 Å². The normalized spacial score (nSPS) is 15.4. The van der Waals surface area contributed by atoms with E-state index >= 15 is 0 Å². The monoisotopic (exact) mass is 415 g/mol. The summed E-state index contributed by atoms with van der Waals surface area (Å²) >= 11 is 6.00. The Balaban J connectivity index is 1.79. The molecular weight excluding hydrogens is 390 g/mol. The molecule has 3 N–H and O–H groups in total. The van der Waals surface area contributed by atoms with E-state index in [9.17, 15) is 9.59 Å². The van der Waals surface area contributed by atoms with Gasteiger partial charge in [-0.3, -0.25) is 9.59 Å². The molecule has 29 heavy (non-hydrogen) atoms. The molecule has 2 amide bonds. The lowest BCUT2D eigenvalue weighted by molar-refractivity contribution is -0.121. The maximum Gasteiger partial charge on any atom is 0.270 e. The number of nitrogens with one attached hydrogen (secondary N) is 1. The fourth-order valence-corrected chi connectivity index (χ4v) is 3.13. The van der Waals surface area contributed by atoms with Crippen molar-refractivity contribution in [1.82, 2.24) is 10.3 Å².